The fraction of sp³-hybridized carbons (Fsp3) is 0.467. The number of hydrogen-bond acceptors (Lipinski definition) is 4. The highest BCUT2D eigenvalue weighted by Crippen LogP contribution is 2.24. The summed E-state index contributed by atoms with van der Waals surface area (Å²) in [5, 5.41) is 4.26. The van der Waals surface area contributed by atoms with Crippen LogP contribution in [0.4, 0.5) is 0 Å². The lowest BCUT2D eigenvalue weighted by Gasteiger charge is -2.32. The van der Waals surface area contributed by atoms with E-state index in [1.54, 1.807) is 0 Å². The standard InChI is InChI=1S/C15H23N5/c1-4-20(11-14-7-5-6-8-17-14)15(12(2)16)13-9-18-19(3)10-13/h5-10,12,15H,4,11,16H2,1-3H3. The first-order valence-corrected chi connectivity index (χ1v) is 7.00. The molecule has 2 aromatic rings. The number of nitrogens with two attached hydrogens (primary N) is 1. The van der Waals surface area contributed by atoms with E-state index < -0.39 is 0 Å². The average molecular weight is 273 g/mol. The minimum absolute atomic E-state index is 0.0304. The molecule has 2 heterocycles. The second kappa shape index (κ2) is 6.63. The summed E-state index contributed by atoms with van der Waals surface area (Å²) in [6.07, 6.45) is 5.76. The molecule has 2 rings (SSSR count). The van der Waals surface area contributed by atoms with Crippen LogP contribution in [0.25, 0.3) is 0 Å². The third-order valence-corrected chi connectivity index (χ3v) is 3.46. The number of likely N-dealkylation sites (N-methyl/N-ethyl adjacent to an activating group) is 1. The largest absolute Gasteiger partial charge is 0.326 e. The van der Waals surface area contributed by atoms with E-state index in [1.165, 1.54) is 0 Å². The molecule has 2 unspecified atom stereocenters. The number of pyridine rings is 1. The maximum Gasteiger partial charge on any atom is 0.0544 e. The van der Waals surface area contributed by atoms with Gasteiger partial charge in [0, 0.05) is 37.6 Å². The van der Waals surface area contributed by atoms with Gasteiger partial charge in [-0.3, -0.25) is 14.6 Å². The van der Waals surface area contributed by atoms with Crippen LogP contribution < -0.4 is 5.73 Å². The summed E-state index contributed by atoms with van der Waals surface area (Å²) in [5.41, 5.74) is 8.42. The average Bonchev–Trinajstić information content (AvgIpc) is 2.85. The van der Waals surface area contributed by atoms with Crippen molar-refractivity contribution in [2.24, 2.45) is 12.8 Å². The molecule has 0 radical (unpaired) electrons. The van der Waals surface area contributed by atoms with Crippen molar-refractivity contribution < 1.29 is 0 Å². The molecule has 20 heavy (non-hydrogen) atoms. The maximum absolute atomic E-state index is 6.21. The topological polar surface area (TPSA) is 60.0 Å². The zero-order valence-electron chi connectivity index (χ0n) is 12.4. The Morgan fingerprint density at radius 1 is 1.40 bits per heavy atom. The zero-order chi connectivity index (χ0) is 14.5. The van der Waals surface area contributed by atoms with E-state index in [9.17, 15) is 0 Å². The van der Waals surface area contributed by atoms with Crippen molar-refractivity contribution in [1.82, 2.24) is 19.7 Å². The van der Waals surface area contributed by atoms with Gasteiger partial charge in [0.2, 0.25) is 0 Å². The van der Waals surface area contributed by atoms with Crippen LogP contribution in [0.3, 0.4) is 0 Å². The number of rotatable bonds is 6. The number of hydrogen-bond donors (Lipinski definition) is 1. The van der Waals surface area contributed by atoms with Crippen molar-refractivity contribution in [3.63, 3.8) is 0 Å². The van der Waals surface area contributed by atoms with Crippen LogP contribution in [0, 0.1) is 0 Å². The van der Waals surface area contributed by atoms with E-state index in [0.29, 0.717) is 0 Å². The lowest BCUT2D eigenvalue weighted by atomic mass is 10.0. The molecule has 0 amide bonds. The molecular formula is C15H23N5. The summed E-state index contributed by atoms with van der Waals surface area (Å²) in [5.74, 6) is 0. The smallest absolute Gasteiger partial charge is 0.0544 e. The molecule has 2 N–H and O–H groups in total. The lowest BCUT2D eigenvalue weighted by molar-refractivity contribution is 0.175. The monoisotopic (exact) mass is 273 g/mol. The SMILES string of the molecule is CCN(Cc1ccccn1)C(c1cnn(C)c1)C(C)N. The number of aryl methyl sites for hydroxylation is 1. The van der Waals surface area contributed by atoms with E-state index in [2.05, 4.69) is 21.9 Å². The molecule has 0 aliphatic rings. The summed E-state index contributed by atoms with van der Waals surface area (Å²) >= 11 is 0. The zero-order valence-corrected chi connectivity index (χ0v) is 12.4. The van der Waals surface area contributed by atoms with Crippen LogP contribution in [0.5, 0.6) is 0 Å². The van der Waals surface area contributed by atoms with Crippen LogP contribution in [0.2, 0.25) is 0 Å². The van der Waals surface area contributed by atoms with Gasteiger partial charge >= 0.3 is 0 Å². The van der Waals surface area contributed by atoms with E-state index in [-0.39, 0.29) is 12.1 Å². The van der Waals surface area contributed by atoms with Gasteiger partial charge in [0.15, 0.2) is 0 Å². The predicted molar refractivity (Wildman–Crippen MR) is 79.9 cm³/mol. The molecule has 0 saturated heterocycles. The highest BCUT2D eigenvalue weighted by molar-refractivity contribution is 5.14. The third kappa shape index (κ3) is 3.43. The summed E-state index contributed by atoms with van der Waals surface area (Å²) in [7, 11) is 1.93. The van der Waals surface area contributed by atoms with Crippen LogP contribution in [-0.2, 0) is 13.6 Å². The second-order valence-electron chi connectivity index (χ2n) is 5.14. The first-order valence-electron chi connectivity index (χ1n) is 7.00. The van der Waals surface area contributed by atoms with Crippen LogP contribution in [-0.4, -0.2) is 32.3 Å². The highest BCUT2D eigenvalue weighted by atomic mass is 15.3. The Kier molecular flexibility index (Phi) is 4.87. The summed E-state index contributed by atoms with van der Waals surface area (Å²) in [6, 6.07) is 6.17. The van der Waals surface area contributed by atoms with Crippen LogP contribution in [0.15, 0.2) is 36.8 Å². The van der Waals surface area contributed by atoms with Gasteiger partial charge in [0.05, 0.1) is 17.9 Å². The fourth-order valence-electron chi connectivity index (χ4n) is 2.55. The van der Waals surface area contributed by atoms with Crippen molar-refractivity contribution >= 4 is 0 Å². The van der Waals surface area contributed by atoms with Crippen molar-refractivity contribution in [2.75, 3.05) is 6.54 Å². The fourth-order valence-corrected chi connectivity index (χ4v) is 2.55. The first kappa shape index (κ1) is 14.7. The number of nitrogens with zero attached hydrogens (tertiary/aromatic N) is 4. The van der Waals surface area contributed by atoms with Crippen molar-refractivity contribution in [2.45, 2.75) is 32.5 Å². The molecule has 5 heteroatoms. The Balaban J connectivity index is 2.22. The van der Waals surface area contributed by atoms with Crippen molar-refractivity contribution in [3.05, 3.63) is 48.0 Å². The molecule has 0 saturated carbocycles. The van der Waals surface area contributed by atoms with Gasteiger partial charge in [-0.2, -0.15) is 5.10 Å². The summed E-state index contributed by atoms with van der Waals surface area (Å²) in [6.45, 7) is 5.89. The minimum atomic E-state index is 0.0304. The molecule has 0 spiro atoms. The van der Waals surface area contributed by atoms with Crippen LogP contribution in [0.1, 0.15) is 31.1 Å². The molecular weight excluding hydrogens is 250 g/mol. The van der Waals surface area contributed by atoms with Gasteiger partial charge in [0.1, 0.15) is 0 Å². The molecule has 2 aromatic heterocycles. The minimum Gasteiger partial charge on any atom is -0.326 e. The Hall–Kier alpha value is -1.72. The Morgan fingerprint density at radius 3 is 2.70 bits per heavy atom. The van der Waals surface area contributed by atoms with E-state index in [4.69, 9.17) is 5.73 Å². The van der Waals surface area contributed by atoms with Gasteiger partial charge in [0.25, 0.3) is 0 Å². The van der Waals surface area contributed by atoms with Gasteiger partial charge in [-0.25, -0.2) is 0 Å². The molecule has 0 fully saturated rings. The molecule has 2 atom stereocenters. The van der Waals surface area contributed by atoms with Crippen LogP contribution >= 0.6 is 0 Å². The summed E-state index contributed by atoms with van der Waals surface area (Å²) < 4.78 is 1.82. The Bertz CT molecular complexity index is 520. The van der Waals surface area contributed by atoms with E-state index in [1.807, 2.05) is 55.4 Å². The van der Waals surface area contributed by atoms with Crippen molar-refractivity contribution in [3.8, 4) is 0 Å². The Labute approximate surface area is 120 Å². The van der Waals surface area contributed by atoms with Crippen molar-refractivity contribution in [1.29, 1.82) is 0 Å². The highest BCUT2D eigenvalue weighted by Gasteiger charge is 2.24. The third-order valence-electron chi connectivity index (χ3n) is 3.46. The summed E-state index contributed by atoms with van der Waals surface area (Å²) in [4.78, 5) is 6.74. The molecule has 0 aromatic carbocycles. The quantitative estimate of drug-likeness (QED) is 0.870. The van der Waals surface area contributed by atoms with Gasteiger partial charge in [-0.1, -0.05) is 13.0 Å². The van der Waals surface area contributed by atoms with Gasteiger partial charge < -0.3 is 5.73 Å². The molecule has 5 nitrogen and oxygen atoms in total. The second-order valence-corrected chi connectivity index (χ2v) is 5.14. The normalized spacial score (nSPS) is 14.4. The van der Waals surface area contributed by atoms with E-state index in [0.717, 1.165) is 24.3 Å². The lowest BCUT2D eigenvalue weighted by Crippen LogP contribution is -2.39. The van der Waals surface area contributed by atoms with Gasteiger partial charge in [-0.15, -0.1) is 0 Å². The molecule has 0 aliphatic heterocycles. The molecule has 0 bridgehead atoms. The molecule has 108 valence electrons. The maximum atomic E-state index is 6.21. The Morgan fingerprint density at radius 2 is 2.20 bits per heavy atom. The van der Waals surface area contributed by atoms with E-state index >= 15 is 0 Å². The molecule has 0 aliphatic carbocycles. The van der Waals surface area contributed by atoms with Gasteiger partial charge in [-0.05, 0) is 25.6 Å². The predicted octanol–water partition coefficient (Wildman–Crippen LogP) is 1.73. The number of aromatic nitrogens is 3. The first-order chi connectivity index (χ1) is 9.61.